The molecule has 0 aliphatic heterocycles. The second-order valence-corrected chi connectivity index (χ2v) is 2.21. The van der Waals surface area contributed by atoms with E-state index >= 15 is 0 Å². The van der Waals surface area contributed by atoms with Crippen molar-refractivity contribution in [2.24, 2.45) is 5.73 Å². The third kappa shape index (κ3) is 4.34. The molecule has 0 heterocycles. The maximum atomic E-state index is 10.9. The largest absolute Gasteiger partial charge is 0.354 e. The fourth-order valence-corrected chi connectivity index (χ4v) is 0.558. The molecule has 0 aliphatic carbocycles. The zero-order chi connectivity index (χ0) is 8.69. The first-order chi connectivity index (χ1) is 5.22. The number of carbonyl (C=O) groups excluding carboxylic acids is 1. The lowest BCUT2D eigenvalue weighted by Crippen LogP contribution is -2.40. The molecule has 0 aliphatic rings. The second-order valence-electron chi connectivity index (χ2n) is 2.21. The summed E-state index contributed by atoms with van der Waals surface area (Å²) >= 11 is 0. The van der Waals surface area contributed by atoms with Crippen LogP contribution in [0.1, 0.15) is 19.8 Å². The van der Waals surface area contributed by atoms with E-state index in [1.807, 2.05) is 13.0 Å². The highest BCUT2D eigenvalue weighted by Gasteiger charge is 2.08. The molecule has 0 radical (unpaired) electrons. The molecule has 0 fully saturated rings. The molecule has 1 amide bonds. The van der Waals surface area contributed by atoms with Gasteiger partial charge in [0.1, 0.15) is 0 Å². The minimum Gasteiger partial charge on any atom is -0.354 e. The van der Waals surface area contributed by atoms with Crippen molar-refractivity contribution in [3.8, 4) is 6.07 Å². The summed E-state index contributed by atoms with van der Waals surface area (Å²) < 4.78 is 0. The minimum absolute atomic E-state index is 0.178. The average Bonchev–Trinajstić information content (AvgIpc) is 2.03. The monoisotopic (exact) mass is 155 g/mol. The van der Waals surface area contributed by atoms with Gasteiger partial charge in [-0.3, -0.25) is 4.79 Å². The van der Waals surface area contributed by atoms with Gasteiger partial charge in [-0.15, -0.1) is 0 Å². The number of carbonyl (C=O) groups is 1. The standard InChI is InChI=1S/C7H13N3O/c1-2-6(9)7(11)10-5-3-4-8/h6H,2-3,5,9H2,1H3,(H,10,11). The molecular formula is C7H13N3O. The Bertz CT molecular complexity index is 162. The number of hydrogen-bond acceptors (Lipinski definition) is 3. The van der Waals surface area contributed by atoms with Gasteiger partial charge in [0.05, 0.1) is 18.5 Å². The van der Waals surface area contributed by atoms with Crippen molar-refractivity contribution < 1.29 is 4.79 Å². The maximum absolute atomic E-state index is 10.9. The van der Waals surface area contributed by atoms with Crippen molar-refractivity contribution in [1.82, 2.24) is 5.32 Å². The third-order valence-electron chi connectivity index (χ3n) is 1.31. The topological polar surface area (TPSA) is 78.9 Å². The molecule has 0 aromatic rings. The Labute approximate surface area is 66.4 Å². The SMILES string of the molecule is CCC(N)C(=O)NCCC#N. The number of nitrogens with zero attached hydrogens (tertiary/aromatic N) is 1. The lowest BCUT2D eigenvalue weighted by molar-refractivity contribution is -0.122. The Morgan fingerprint density at radius 2 is 2.45 bits per heavy atom. The lowest BCUT2D eigenvalue weighted by atomic mass is 10.2. The summed E-state index contributed by atoms with van der Waals surface area (Å²) in [7, 11) is 0. The average molecular weight is 155 g/mol. The molecule has 4 heteroatoms. The first-order valence-electron chi connectivity index (χ1n) is 3.62. The summed E-state index contributed by atoms with van der Waals surface area (Å²) in [5.41, 5.74) is 5.40. The van der Waals surface area contributed by atoms with Gasteiger partial charge < -0.3 is 11.1 Å². The van der Waals surface area contributed by atoms with Crippen molar-refractivity contribution >= 4 is 5.91 Å². The lowest BCUT2D eigenvalue weighted by Gasteiger charge is -2.07. The van der Waals surface area contributed by atoms with Crippen LogP contribution in [0.15, 0.2) is 0 Å². The number of rotatable bonds is 4. The summed E-state index contributed by atoms with van der Waals surface area (Å²) in [4.78, 5) is 10.9. The number of nitriles is 1. The highest BCUT2D eigenvalue weighted by atomic mass is 16.2. The van der Waals surface area contributed by atoms with E-state index in [0.717, 1.165) is 0 Å². The summed E-state index contributed by atoms with van der Waals surface area (Å²) in [6.07, 6.45) is 0.959. The Kier molecular flexibility index (Phi) is 5.13. The van der Waals surface area contributed by atoms with Crippen molar-refractivity contribution in [1.29, 1.82) is 5.26 Å². The van der Waals surface area contributed by atoms with Gasteiger partial charge >= 0.3 is 0 Å². The van der Waals surface area contributed by atoms with Crippen molar-refractivity contribution in [2.75, 3.05) is 6.54 Å². The van der Waals surface area contributed by atoms with E-state index in [2.05, 4.69) is 5.32 Å². The zero-order valence-corrected chi connectivity index (χ0v) is 6.63. The quantitative estimate of drug-likeness (QED) is 0.549. The van der Waals surface area contributed by atoms with Crippen LogP contribution in [-0.2, 0) is 4.79 Å². The molecule has 0 spiro atoms. The molecule has 1 atom stereocenters. The molecule has 0 aromatic carbocycles. The number of nitrogens with one attached hydrogen (secondary N) is 1. The van der Waals surface area contributed by atoms with Gasteiger partial charge in [-0.05, 0) is 6.42 Å². The van der Waals surface area contributed by atoms with Crippen LogP contribution < -0.4 is 11.1 Å². The molecule has 4 nitrogen and oxygen atoms in total. The van der Waals surface area contributed by atoms with Crippen molar-refractivity contribution in [2.45, 2.75) is 25.8 Å². The van der Waals surface area contributed by atoms with Crippen LogP contribution in [0.3, 0.4) is 0 Å². The number of amides is 1. The summed E-state index contributed by atoms with van der Waals surface area (Å²) in [5, 5.41) is 10.7. The van der Waals surface area contributed by atoms with Gasteiger partial charge in [0.15, 0.2) is 0 Å². The van der Waals surface area contributed by atoms with Gasteiger partial charge in [0.2, 0.25) is 5.91 Å². The molecular weight excluding hydrogens is 142 g/mol. The Morgan fingerprint density at radius 1 is 1.82 bits per heavy atom. The smallest absolute Gasteiger partial charge is 0.236 e. The van der Waals surface area contributed by atoms with Crippen LogP contribution in [0.2, 0.25) is 0 Å². The van der Waals surface area contributed by atoms with Crippen LogP contribution in [0.4, 0.5) is 0 Å². The van der Waals surface area contributed by atoms with Crippen molar-refractivity contribution in [3.63, 3.8) is 0 Å². The third-order valence-corrected chi connectivity index (χ3v) is 1.31. The highest BCUT2D eigenvalue weighted by molar-refractivity contribution is 5.81. The van der Waals surface area contributed by atoms with Gasteiger partial charge in [-0.1, -0.05) is 6.92 Å². The van der Waals surface area contributed by atoms with Gasteiger partial charge in [-0.25, -0.2) is 0 Å². The molecule has 0 saturated carbocycles. The van der Waals surface area contributed by atoms with Gasteiger partial charge in [0, 0.05) is 6.54 Å². The summed E-state index contributed by atoms with van der Waals surface area (Å²) in [6.45, 7) is 2.23. The summed E-state index contributed by atoms with van der Waals surface area (Å²) in [6, 6.07) is 1.49. The fourth-order valence-electron chi connectivity index (χ4n) is 0.558. The van der Waals surface area contributed by atoms with E-state index in [0.29, 0.717) is 19.4 Å². The highest BCUT2D eigenvalue weighted by Crippen LogP contribution is 1.84. The zero-order valence-electron chi connectivity index (χ0n) is 6.63. The van der Waals surface area contributed by atoms with E-state index < -0.39 is 6.04 Å². The van der Waals surface area contributed by atoms with E-state index in [-0.39, 0.29) is 5.91 Å². The van der Waals surface area contributed by atoms with Crippen molar-refractivity contribution in [3.05, 3.63) is 0 Å². The number of nitrogens with two attached hydrogens (primary N) is 1. The molecule has 0 aromatic heterocycles. The molecule has 62 valence electrons. The number of hydrogen-bond donors (Lipinski definition) is 2. The van der Waals surface area contributed by atoms with Crippen LogP contribution in [0.5, 0.6) is 0 Å². The first kappa shape index (κ1) is 9.92. The summed E-state index contributed by atoms with van der Waals surface area (Å²) in [5.74, 6) is -0.178. The fraction of sp³-hybridized carbons (Fsp3) is 0.714. The predicted molar refractivity (Wildman–Crippen MR) is 41.5 cm³/mol. The van der Waals surface area contributed by atoms with Crippen LogP contribution in [-0.4, -0.2) is 18.5 Å². The van der Waals surface area contributed by atoms with Crippen LogP contribution in [0, 0.1) is 11.3 Å². The predicted octanol–water partition coefficient (Wildman–Crippen LogP) is -0.246. The van der Waals surface area contributed by atoms with E-state index in [1.165, 1.54) is 0 Å². The van der Waals surface area contributed by atoms with Gasteiger partial charge in [0.25, 0.3) is 0 Å². The first-order valence-corrected chi connectivity index (χ1v) is 3.62. The molecule has 11 heavy (non-hydrogen) atoms. The van der Waals surface area contributed by atoms with Crippen LogP contribution in [0.25, 0.3) is 0 Å². The molecule has 0 bridgehead atoms. The molecule has 1 unspecified atom stereocenters. The Morgan fingerprint density at radius 3 is 2.91 bits per heavy atom. The molecule has 0 saturated heterocycles. The van der Waals surface area contributed by atoms with Gasteiger partial charge in [-0.2, -0.15) is 5.26 Å². The Balaban J connectivity index is 3.46. The normalized spacial score (nSPS) is 11.7. The van der Waals surface area contributed by atoms with E-state index in [9.17, 15) is 4.79 Å². The molecule has 3 N–H and O–H groups in total. The molecule has 0 rings (SSSR count). The van der Waals surface area contributed by atoms with E-state index in [1.54, 1.807) is 0 Å². The Hall–Kier alpha value is -1.08. The van der Waals surface area contributed by atoms with E-state index in [4.69, 9.17) is 11.0 Å². The van der Waals surface area contributed by atoms with Crippen LogP contribution >= 0.6 is 0 Å². The maximum Gasteiger partial charge on any atom is 0.236 e. The minimum atomic E-state index is -0.436. The second kappa shape index (κ2) is 5.69.